The molecule has 12 heteroatoms. The molecule has 3 aromatic heterocycles. The number of piperazine rings is 1. The molecule has 0 spiro atoms. The third kappa shape index (κ3) is 3.57. The Hall–Kier alpha value is -3.93. The molecule has 33 heavy (non-hydrogen) atoms. The van der Waals surface area contributed by atoms with E-state index in [0.29, 0.717) is 34.6 Å². The molecule has 1 saturated heterocycles. The maximum absolute atomic E-state index is 13.1. The average molecular weight is 452 g/mol. The molecule has 1 aromatic carbocycles. The van der Waals surface area contributed by atoms with Crippen molar-refractivity contribution in [2.24, 2.45) is 14.1 Å². The Morgan fingerprint density at radius 1 is 1.12 bits per heavy atom. The van der Waals surface area contributed by atoms with Gasteiger partial charge in [0.2, 0.25) is 17.7 Å². The van der Waals surface area contributed by atoms with Crippen molar-refractivity contribution in [3.05, 3.63) is 51.0 Å². The van der Waals surface area contributed by atoms with E-state index < -0.39 is 11.2 Å². The van der Waals surface area contributed by atoms with Crippen LogP contribution in [0, 0.1) is 0 Å². The van der Waals surface area contributed by atoms with Gasteiger partial charge in [0.15, 0.2) is 11.2 Å². The number of benzene rings is 1. The standard InChI is InChI=1S/C21H24N8O4/c1-26-17-16(19(30)27(2)21(26)31)29(20(23-17)28-9-7-22-8-10-28)12-15-24-25-18(33-15)13-5-4-6-14(11-13)32-3/h4-6,11,22H,7-10,12H2,1-3H3. The van der Waals surface area contributed by atoms with Crippen molar-refractivity contribution in [2.75, 3.05) is 38.2 Å². The highest BCUT2D eigenvalue weighted by atomic mass is 16.5. The van der Waals surface area contributed by atoms with Gasteiger partial charge < -0.3 is 19.4 Å². The zero-order valence-corrected chi connectivity index (χ0v) is 18.6. The topological polar surface area (TPSA) is 125 Å². The molecule has 0 bridgehead atoms. The summed E-state index contributed by atoms with van der Waals surface area (Å²) < 4.78 is 15.4. The van der Waals surface area contributed by atoms with Crippen LogP contribution in [0.25, 0.3) is 22.6 Å². The van der Waals surface area contributed by atoms with Gasteiger partial charge in [-0.2, -0.15) is 4.98 Å². The van der Waals surface area contributed by atoms with Crippen molar-refractivity contribution in [3.8, 4) is 17.2 Å². The maximum Gasteiger partial charge on any atom is 0.332 e. The van der Waals surface area contributed by atoms with Crippen LogP contribution in [0.15, 0.2) is 38.3 Å². The number of hydrogen-bond acceptors (Lipinski definition) is 9. The molecule has 0 amide bonds. The Kier molecular flexibility index (Phi) is 5.21. The molecule has 1 fully saturated rings. The Bertz CT molecular complexity index is 1440. The van der Waals surface area contributed by atoms with E-state index in [-0.39, 0.29) is 6.54 Å². The number of fused-ring (bicyclic) bond motifs is 1. The first-order chi connectivity index (χ1) is 16.0. The highest BCUT2D eigenvalue weighted by Gasteiger charge is 2.25. The molecule has 4 heterocycles. The number of ether oxygens (including phenoxy) is 1. The van der Waals surface area contributed by atoms with Gasteiger partial charge in [0.05, 0.1) is 7.11 Å². The van der Waals surface area contributed by atoms with Crippen molar-refractivity contribution < 1.29 is 9.15 Å². The number of rotatable bonds is 5. The minimum Gasteiger partial charge on any atom is -0.497 e. The van der Waals surface area contributed by atoms with E-state index in [4.69, 9.17) is 9.15 Å². The van der Waals surface area contributed by atoms with Gasteiger partial charge in [0, 0.05) is 45.8 Å². The number of hydrogen-bond donors (Lipinski definition) is 1. The van der Waals surface area contributed by atoms with Crippen LogP contribution in [0.4, 0.5) is 5.95 Å². The van der Waals surface area contributed by atoms with E-state index in [1.165, 1.54) is 11.6 Å². The van der Waals surface area contributed by atoms with E-state index in [1.54, 1.807) is 18.7 Å². The van der Waals surface area contributed by atoms with E-state index in [2.05, 4.69) is 25.4 Å². The van der Waals surface area contributed by atoms with Crippen molar-refractivity contribution in [1.29, 1.82) is 0 Å². The molecule has 1 N–H and O–H groups in total. The number of methoxy groups -OCH3 is 1. The van der Waals surface area contributed by atoms with Gasteiger partial charge in [0.25, 0.3) is 5.56 Å². The van der Waals surface area contributed by atoms with Gasteiger partial charge in [-0.05, 0) is 18.2 Å². The van der Waals surface area contributed by atoms with Crippen LogP contribution in [-0.4, -0.2) is 62.2 Å². The van der Waals surface area contributed by atoms with E-state index in [1.807, 2.05) is 24.3 Å². The number of aromatic nitrogens is 6. The fourth-order valence-electron chi connectivity index (χ4n) is 4.02. The molecule has 5 rings (SSSR count). The minimum atomic E-state index is -0.429. The predicted molar refractivity (Wildman–Crippen MR) is 121 cm³/mol. The van der Waals surface area contributed by atoms with Crippen LogP contribution in [0.2, 0.25) is 0 Å². The fraction of sp³-hybridized carbons (Fsp3) is 0.381. The second-order valence-corrected chi connectivity index (χ2v) is 7.85. The molecular formula is C21H24N8O4. The Morgan fingerprint density at radius 2 is 1.91 bits per heavy atom. The molecule has 0 radical (unpaired) electrons. The zero-order chi connectivity index (χ0) is 23.1. The van der Waals surface area contributed by atoms with Gasteiger partial charge >= 0.3 is 5.69 Å². The second kappa shape index (κ2) is 8.20. The molecular weight excluding hydrogens is 428 g/mol. The Balaban J connectivity index is 1.62. The van der Waals surface area contributed by atoms with Crippen molar-refractivity contribution >= 4 is 17.1 Å². The van der Waals surface area contributed by atoms with Crippen LogP contribution in [0.1, 0.15) is 5.89 Å². The zero-order valence-electron chi connectivity index (χ0n) is 18.6. The monoisotopic (exact) mass is 452 g/mol. The predicted octanol–water partition coefficient (Wildman–Crippen LogP) is -0.0498. The molecule has 1 aliphatic heterocycles. The van der Waals surface area contributed by atoms with E-state index in [9.17, 15) is 9.59 Å². The summed E-state index contributed by atoms with van der Waals surface area (Å²) >= 11 is 0. The van der Waals surface area contributed by atoms with Gasteiger partial charge in [-0.25, -0.2) is 4.79 Å². The lowest BCUT2D eigenvalue weighted by Crippen LogP contribution is -2.44. The summed E-state index contributed by atoms with van der Waals surface area (Å²) in [4.78, 5) is 32.3. The number of anilines is 1. The molecule has 0 aliphatic carbocycles. The van der Waals surface area contributed by atoms with Gasteiger partial charge in [-0.15, -0.1) is 10.2 Å². The van der Waals surface area contributed by atoms with E-state index >= 15 is 0 Å². The maximum atomic E-state index is 13.1. The van der Waals surface area contributed by atoms with Crippen LogP contribution < -0.4 is 26.2 Å². The molecule has 172 valence electrons. The van der Waals surface area contributed by atoms with Gasteiger partial charge in [-0.1, -0.05) is 6.07 Å². The fourth-order valence-corrected chi connectivity index (χ4v) is 4.02. The third-order valence-electron chi connectivity index (χ3n) is 5.80. The normalized spacial score (nSPS) is 14.2. The van der Waals surface area contributed by atoms with Gasteiger partial charge in [-0.3, -0.25) is 18.5 Å². The lowest BCUT2D eigenvalue weighted by molar-refractivity contribution is 0.414. The molecule has 0 saturated carbocycles. The SMILES string of the molecule is COc1cccc(-c2nnc(Cn3c(N4CCNCC4)nc4c3c(=O)n(C)c(=O)n4C)o2)c1. The number of imidazole rings is 1. The second-order valence-electron chi connectivity index (χ2n) is 7.85. The van der Waals surface area contributed by atoms with Crippen molar-refractivity contribution in [3.63, 3.8) is 0 Å². The lowest BCUT2D eigenvalue weighted by Gasteiger charge is -2.28. The molecule has 0 atom stereocenters. The first-order valence-corrected chi connectivity index (χ1v) is 10.6. The average Bonchev–Trinajstić information content (AvgIpc) is 3.47. The highest BCUT2D eigenvalue weighted by molar-refractivity contribution is 5.74. The summed E-state index contributed by atoms with van der Waals surface area (Å²) in [6.07, 6.45) is 0. The van der Waals surface area contributed by atoms with E-state index in [0.717, 1.165) is 36.3 Å². The molecule has 1 aliphatic rings. The summed E-state index contributed by atoms with van der Waals surface area (Å²) in [6, 6.07) is 7.33. The van der Waals surface area contributed by atoms with Crippen molar-refractivity contribution in [1.82, 2.24) is 34.2 Å². The van der Waals surface area contributed by atoms with Crippen LogP contribution >= 0.6 is 0 Å². The number of aryl methyl sites for hydroxylation is 1. The number of nitrogens with zero attached hydrogens (tertiary/aromatic N) is 7. The summed E-state index contributed by atoms with van der Waals surface area (Å²) in [5.74, 6) is 1.93. The Labute approximate surface area is 188 Å². The van der Waals surface area contributed by atoms with Crippen molar-refractivity contribution in [2.45, 2.75) is 6.54 Å². The quantitative estimate of drug-likeness (QED) is 0.444. The highest BCUT2D eigenvalue weighted by Crippen LogP contribution is 2.25. The smallest absolute Gasteiger partial charge is 0.332 e. The van der Waals surface area contributed by atoms with Crippen LogP contribution in [0.5, 0.6) is 5.75 Å². The van der Waals surface area contributed by atoms with Crippen LogP contribution in [-0.2, 0) is 20.6 Å². The summed E-state index contributed by atoms with van der Waals surface area (Å²) in [5.41, 5.74) is 0.513. The largest absolute Gasteiger partial charge is 0.497 e. The first-order valence-electron chi connectivity index (χ1n) is 10.6. The Morgan fingerprint density at radius 3 is 2.67 bits per heavy atom. The number of nitrogens with one attached hydrogen (secondary N) is 1. The lowest BCUT2D eigenvalue weighted by atomic mass is 10.2. The van der Waals surface area contributed by atoms with Gasteiger partial charge in [0.1, 0.15) is 12.3 Å². The molecule has 4 aromatic rings. The first kappa shape index (κ1) is 20.9. The molecule has 0 unspecified atom stereocenters. The van der Waals surface area contributed by atoms with Crippen LogP contribution in [0.3, 0.4) is 0 Å². The molecule has 12 nitrogen and oxygen atoms in total. The summed E-state index contributed by atoms with van der Waals surface area (Å²) in [6.45, 7) is 3.16. The minimum absolute atomic E-state index is 0.139. The summed E-state index contributed by atoms with van der Waals surface area (Å²) in [7, 11) is 4.66. The third-order valence-corrected chi connectivity index (χ3v) is 5.80. The summed E-state index contributed by atoms with van der Waals surface area (Å²) in [5, 5.41) is 11.7.